The highest BCUT2D eigenvalue weighted by atomic mass is 16.1. The molecular formula is C32H32N4O. The van der Waals surface area contributed by atoms with E-state index < -0.39 is 0 Å². The number of para-hydroxylation sites is 2. The number of rotatable bonds is 9. The minimum atomic E-state index is -0.0417. The first-order valence-corrected chi connectivity index (χ1v) is 12.8. The zero-order valence-electron chi connectivity index (χ0n) is 21.4. The Morgan fingerprint density at radius 2 is 1.49 bits per heavy atom. The second-order valence-electron chi connectivity index (χ2n) is 9.80. The molecule has 2 aromatic heterocycles. The summed E-state index contributed by atoms with van der Waals surface area (Å²) < 4.78 is 4.20. The summed E-state index contributed by atoms with van der Waals surface area (Å²) in [6.07, 6.45) is 5.09. The van der Waals surface area contributed by atoms with E-state index >= 15 is 0 Å². The molecule has 1 N–H and O–H groups in total. The van der Waals surface area contributed by atoms with Crippen LogP contribution >= 0.6 is 0 Å². The van der Waals surface area contributed by atoms with Gasteiger partial charge in [-0.05, 0) is 62.1 Å². The monoisotopic (exact) mass is 488 g/mol. The standard InChI is InChI=1S/C32H32N4O/c1-23-9-13-25(14-10-23)20-28(17-18-31(37)27-6-5-19-34-21-27)36-30-8-4-3-7-29(30)35(32(36)33)22-26-15-11-24(2)12-16-26/h3-16,19,21,28,33H,17-18,20,22H2,1-2H3. The Morgan fingerprint density at radius 3 is 2.14 bits per heavy atom. The highest BCUT2D eigenvalue weighted by molar-refractivity contribution is 5.95. The topological polar surface area (TPSA) is 63.7 Å². The molecule has 1 unspecified atom stereocenters. The molecule has 186 valence electrons. The first kappa shape index (κ1) is 24.4. The van der Waals surface area contributed by atoms with Crippen LogP contribution in [0.4, 0.5) is 0 Å². The number of aromatic nitrogens is 3. The van der Waals surface area contributed by atoms with Crippen molar-refractivity contribution in [3.63, 3.8) is 0 Å². The van der Waals surface area contributed by atoms with Crippen LogP contribution in [-0.4, -0.2) is 19.9 Å². The molecule has 0 amide bonds. The van der Waals surface area contributed by atoms with Crippen molar-refractivity contribution >= 4 is 16.8 Å². The van der Waals surface area contributed by atoms with Gasteiger partial charge in [-0.25, -0.2) is 0 Å². The lowest BCUT2D eigenvalue weighted by molar-refractivity contribution is 0.0973. The predicted octanol–water partition coefficient (Wildman–Crippen LogP) is 6.43. The van der Waals surface area contributed by atoms with Gasteiger partial charge in [0.25, 0.3) is 0 Å². The van der Waals surface area contributed by atoms with E-state index in [-0.39, 0.29) is 11.8 Å². The van der Waals surface area contributed by atoms with Crippen molar-refractivity contribution in [2.75, 3.05) is 0 Å². The van der Waals surface area contributed by atoms with Crippen molar-refractivity contribution < 1.29 is 4.79 Å². The van der Waals surface area contributed by atoms with E-state index in [1.54, 1.807) is 18.5 Å². The molecule has 37 heavy (non-hydrogen) atoms. The average Bonchev–Trinajstić information content (AvgIpc) is 3.20. The number of imidazole rings is 1. The van der Waals surface area contributed by atoms with Gasteiger partial charge >= 0.3 is 0 Å². The van der Waals surface area contributed by atoms with Crippen LogP contribution in [0.3, 0.4) is 0 Å². The summed E-state index contributed by atoms with van der Waals surface area (Å²) in [4.78, 5) is 17.1. The van der Waals surface area contributed by atoms with Crippen LogP contribution in [-0.2, 0) is 13.0 Å². The van der Waals surface area contributed by atoms with Crippen LogP contribution in [0.1, 0.15) is 51.5 Å². The van der Waals surface area contributed by atoms with Crippen molar-refractivity contribution in [2.24, 2.45) is 0 Å². The van der Waals surface area contributed by atoms with Gasteiger partial charge in [-0.3, -0.25) is 15.2 Å². The second-order valence-corrected chi connectivity index (χ2v) is 9.80. The Labute approximate surface area is 217 Å². The normalized spacial score (nSPS) is 12.1. The highest BCUT2D eigenvalue weighted by Crippen LogP contribution is 2.26. The van der Waals surface area contributed by atoms with E-state index in [0.29, 0.717) is 30.6 Å². The van der Waals surface area contributed by atoms with Crippen molar-refractivity contribution in [2.45, 2.75) is 45.7 Å². The van der Waals surface area contributed by atoms with E-state index in [2.05, 4.69) is 88.6 Å². The Bertz CT molecular complexity index is 1560. The molecule has 0 bridgehead atoms. The summed E-state index contributed by atoms with van der Waals surface area (Å²) in [7, 11) is 0. The van der Waals surface area contributed by atoms with Crippen LogP contribution in [0.2, 0.25) is 0 Å². The van der Waals surface area contributed by atoms with E-state index in [4.69, 9.17) is 0 Å². The fourth-order valence-corrected chi connectivity index (χ4v) is 4.95. The first-order valence-electron chi connectivity index (χ1n) is 12.8. The number of hydrogen-bond acceptors (Lipinski definition) is 3. The molecule has 0 radical (unpaired) electrons. The molecule has 0 spiro atoms. The predicted molar refractivity (Wildman–Crippen MR) is 148 cm³/mol. The fourth-order valence-electron chi connectivity index (χ4n) is 4.95. The molecule has 0 saturated carbocycles. The quantitative estimate of drug-likeness (QED) is 0.243. The van der Waals surface area contributed by atoms with Gasteiger partial charge in [0, 0.05) is 30.4 Å². The summed E-state index contributed by atoms with van der Waals surface area (Å²) >= 11 is 0. The van der Waals surface area contributed by atoms with Gasteiger partial charge < -0.3 is 9.13 Å². The van der Waals surface area contributed by atoms with Crippen molar-refractivity contribution in [1.29, 1.82) is 5.41 Å². The molecule has 5 heteroatoms. The lowest BCUT2D eigenvalue weighted by Crippen LogP contribution is -2.29. The molecule has 0 aliphatic carbocycles. The summed E-state index contributed by atoms with van der Waals surface area (Å²) in [5, 5.41) is 9.28. The zero-order valence-corrected chi connectivity index (χ0v) is 21.4. The molecule has 1 atom stereocenters. The van der Waals surface area contributed by atoms with Crippen molar-refractivity contribution in [3.05, 3.63) is 131 Å². The Hall–Kier alpha value is -4.25. The van der Waals surface area contributed by atoms with Crippen LogP contribution in [0, 0.1) is 19.3 Å². The Morgan fingerprint density at radius 1 is 0.838 bits per heavy atom. The maximum absolute atomic E-state index is 13.0. The number of carbonyl (C=O) groups is 1. The summed E-state index contributed by atoms with van der Waals surface area (Å²) in [5.74, 6) is 0.0810. The third kappa shape index (κ3) is 5.46. The third-order valence-corrected chi connectivity index (χ3v) is 7.02. The molecule has 5 nitrogen and oxygen atoms in total. The largest absolute Gasteiger partial charge is 0.307 e. The number of nitrogens with zero attached hydrogens (tertiary/aromatic N) is 3. The number of aryl methyl sites for hydroxylation is 2. The van der Waals surface area contributed by atoms with Gasteiger partial charge in [-0.1, -0.05) is 71.8 Å². The third-order valence-electron chi connectivity index (χ3n) is 7.02. The van der Waals surface area contributed by atoms with Gasteiger partial charge in [0.05, 0.1) is 17.6 Å². The summed E-state index contributed by atoms with van der Waals surface area (Å²) in [6, 6.07) is 28.8. The number of benzene rings is 3. The first-order chi connectivity index (χ1) is 18.0. The zero-order chi connectivity index (χ0) is 25.8. The molecule has 3 aromatic carbocycles. The molecule has 5 rings (SSSR count). The van der Waals surface area contributed by atoms with Crippen LogP contribution < -0.4 is 5.62 Å². The van der Waals surface area contributed by atoms with Gasteiger partial charge in [0.1, 0.15) is 0 Å². The molecule has 0 saturated heterocycles. The van der Waals surface area contributed by atoms with Gasteiger partial charge in [0.15, 0.2) is 5.78 Å². The second kappa shape index (κ2) is 10.8. The van der Waals surface area contributed by atoms with E-state index in [0.717, 1.165) is 23.0 Å². The highest BCUT2D eigenvalue weighted by Gasteiger charge is 2.21. The molecule has 5 aromatic rings. The average molecular weight is 489 g/mol. The number of hydrogen-bond donors (Lipinski definition) is 1. The SMILES string of the molecule is Cc1ccc(CC(CCC(=O)c2cccnc2)n2c(=N)n(Cc3ccc(C)cc3)c3ccccc32)cc1. The summed E-state index contributed by atoms with van der Waals surface area (Å²) in [5.41, 5.74) is 7.93. The Kier molecular flexibility index (Phi) is 7.13. The molecule has 0 aliphatic heterocycles. The van der Waals surface area contributed by atoms with Crippen LogP contribution in [0.15, 0.2) is 97.3 Å². The van der Waals surface area contributed by atoms with E-state index in [9.17, 15) is 10.2 Å². The fraction of sp³-hybridized carbons (Fsp3) is 0.219. The van der Waals surface area contributed by atoms with Gasteiger partial charge in [0.2, 0.25) is 5.62 Å². The lowest BCUT2D eigenvalue weighted by Gasteiger charge is -2.20. The van der Waals surface area contributed by atoms with Crippen LogP contribution in [0.25, 0.3) is 11.0 Å². The van der Waals surface area contributed by atoms with Gasteiger partial charge in [-0.15, -0.1) is 0 Å². The molecule has 0 aliphatic rings. The number of pyridine rings is 1. The number of ketones is 1. The molecular weight excluding hydrogens is 456 g/mol. The minimum Gasteiger partial charge on any atom is -0.307 e. The molecule has 2 heterocycles. The smallest absolute Gasteiger partial charge is 0.203 e. The van der Waals surface area contributed by atoms with Crippen LogP contribution in [0.5, 0.6) is 0 Å². The number of nitrogens with one attached hydrogen (secondary N) is 1. The number of Topliss-reactive ketones (excluding diaryl/α,β-unsaturated/α-hetero) is 1. The van der Waals surface area contributed by atoms with Gasteiger partial charge in [-0.2, -0.15) is 0 Å². The van der Waals surface area contributed by atoms with E-state index in [1.165, 1.54) is 16.7 Å². The van der Waals surface area contributed by atoms with E-state index in [1.807, 2.05) is 18.2 Å². The lowest BCUT2D eigenvalue weighted by atomic mass is 9.98. The maximum Gasteiger partial charge on any atom is 0.203 e. The van der Waals surface area contributed by atoms with Crippen molar-refractivity contribution in [3.8, 4) is 0 Å². The maximum atomic E-state index is 13.0. The Balaban J connectivity index is 1.54. The minimum absolute atomic E-state index is 0.0417. The molecule has 0 fully saturated rings. The summed E-state index contributed by atoms with van der Waals surface area (Å²) in [6.45, 7) is 4.79. The van der Waals surface area contributed by atoms with Crippen molar-refractivity contribution in [1.82, 2.24) is 14.1 Å². The number of fused-ring (bicyclic) bond motifs is 1. The number of carbonyl (C=O) groups excluding carboxylic acids is 1.